The van der Waals surface area contributed by atoms with Crippen molar-refractivity contribution in [3.63, 3.8) is 0 Å². The number of thioether (sulfide) groups is 1. The monoisotopic (exact) mass is 442 g/mol. The summed E-state index contributed by atoms with van der Waals surface area (Å²) in [5, 5.41) is 20.0. The van der Waals surface area contributed by atoms with E-state index in [4.69, 9.17) is 13.9 Å². The van der Waals surface area contributed by atoms with Crippen LogP contribution in [0.25, 0.3) is 0 Å². The van der Waals surface area contributed by atoms with E-state index in [1.165, 1.54) is 37.1 Å². The van der Waals surface area contributed by atoms with Gasteiger partial charge in [-0.3, -0.25) is 9.59 Å². The lowest BCUT2D eigenvalue weighted by Gasteiger charge is -2.17. The first-order chi connectivity index (χ1) is 14.9. The van der Waals surface area contributed by atoms with Crippen molar-refractivity contribution in [1.29, 1.82) is 0 Å². The van der Waals surface area contributed by atoms with E-state index in [1.807, 2.05) is 24.3 Å². The Kier molecular flexibility index (Phi) is 7.25. The molecule has 0 radical (unpaired) electrons. The number of carbonyl (C=O) groups excluding carboxylic acids is 1. The zero-order valence-corrected chi connectivity index (χ0v) is 17.8. The summed E-state index contributed by atoms with van der Waals surface area (Å²) in [5.74, 6) is -0.436. The van der Waals surface area contributed by atoms with Crippen molar-refractivity contribution in [2.24, 2.45) is 0 Å². The third kappa shape index (κ3) is 5.61. The number of carbonyl (C=O) groups is 1. The summed E-state index contributed by atoms with van der Waals surface area (Å²) in [6.45, 7) is 0. The average molecular weight is 442 g/mol. The fraction of sp³-hybridized carbons (Fsp3) is 0.217. The van der Waals surface area contributed by atoms with Crippen LogP contribution in [0.2, 0.25) is 0 Å². The van der Waals surface area contributed by atoms with E-state index in [-0.39, 0.29) is 17.9 Å². The summed E-state index contributed by atoms with van der Waals surface area (Å²) in [5.41, 5.74) is -0.0182. The van der Waals surface area contributed by atoms with Crippen LogP contribution >= 0.6 is 11.8 Å². The van der Waals surface area contributed by atoms with Crippen molar-refractivity contribution in [2.75, 3.05) is 14.2 Å². The highest BCUT2D eigenvalue weighted by atomic mass is 32.2. The second-order valence-electron chi connectivity index (χ2n) is 6.68. The highest BCUT2D eigenvalue weighted by molar-refractivity contribution is 7.98. The normalized spacial score (nSPS) is 11.7. The molecular weight excluding hydrogens is 420 g/mol. The highest BCUT2D eigenvalue weighted by Crippen LogP contribution is 2.35. The molecule has 3 aromatic rings. The van der Waals surface area contributed by atoms with Crippen LogP contribution in [0.1, 0.15) is 29.4 Å². The van der Waals surface area contributed by atoms with Gasteiger partial charge < -0.3 is 24.1 Å². The van der Waals surface area contributed by atoms with Gasteiger partial charge in [0, 0.05) is 11.0 Å². The van der Waals surface area contributed by atoms with Crippen LogP contribution in [-0.2, 0) is 15.3 Å². The van der Waals surface area contributed by atoms with Crippen molar-refractivity contribution in [1.82, 2.24) is 0 Å². The number of rotatable bonds is 8. The molecule has 0 saturated heterocycles. The van der Waals surface area contributed by atoms with Crippen LogP contribution in [0, 0.1) is 0 Å². The van der Waals surface area contributed by atoms with Gasteiger partial charge in [0.2, 0.25) is 11.2 Å². The Balaban J connectivity index is 1.95. The fourth-order valence-corrected chi connectivity index (χ4v) is 3.85. The third-order valence-corrected chi connectivity index (χ3v) is 5.65. The Bertz CT molecular complexity index is 1110. The molecule has 162 valence electrons. The van der Waals surface area contributed by atoms with Gasteiger partial charge >= 0.3 is 5.97 Å². The molecule has 8 heteroatoms. The number of ether oxygens (including phenoxy) is 2. The van der Waals surface area contributed by atoms with Gasteiger partial charge in [-0.25, -0.2) is 0 Å². The number of methoxy groups -OCH3 is 2. The quantitative estimate of drug-likeness (QED) is 0.398. The van der Waals surface area contributed by atoms with Gasteiger partial charge in [-0.2, -0.15) is 0 Å². The molecule has 3 rings (SSSR count). The molecule has 0 unspecified atom stereocenters. The molecular formula is C23H22O7S. The Morgan fingerprint density at radius 2 is 1.84 bits per heavy atom. The van der Waals surface area contributed by atoms with Crippen LogP contribution in [0.15, 0.2) is 68.7 Å². The van der Waals surface area contributed by atoms with Crippen molar-refractivity contribution in [3.05, 3.63) is 81.9 Å². The number of aromatic hydroxyl groups is 2. The Labute approximate surface area is 183 Å². The van der Waals surface area contributed by atoms with Gasteiger partial charge in [0.25, 0.3) is 0 Å². The molecule has 0 saturated carbocycles. The van der Waals surface area contributed by atoms with Crippen molar-refractivity contribution in [3.8, 4) is 17.2 Å². The number of phenolic OH excluding ortho intramolecular Hbond substituents is 1. The lowest BCUT2D eigenvalue weighted by molar-refractivity contribution is -0.140. The molecule has 0 fully saturated rings. The Hall–Kier alpha value is -3.39. The second-order valence-corrected chi connectivity index (χ2v) is 7.73. The van der Waals surface area contributed by atoms with Crippen LogP contribution in [-0.4, -0.2) is 30.4 Å². The summed E-state index contributed by atoms with van der Waals surface area (Å²) in [6, 6.07) is 14.8. The molecule has 31 heavy (non-hydrogen) atoms. The molecule has 0 aliphatic rings. The number of benzene rings is 2. The van der Waals surface area contributed by atoms with Crippen molar-refractivity contribution < 1.29 is 28.9 Å². The molecule has 0 bridgehead atoms. The van der Waals surface area contributed by atoms with E-state index < -0.39 is 23.1 Å². The minimum atomic E-state index is -0.762. The SMILES string of the molecule is COC(=O)C[C@H](c1ccc(O)cc1)c1oc(CSc2cccc(OC)c2)cc(=O)c1O. The highest BCUT2D eigenvalue weighted by Gasteiger charge is 2.26. The van der Waals surface area contributed by atoms with E-state index in [9.17, 15) is 19.8 Å². The summed E-state index contributed by atoms with van der Waals surface area (Å²) >= 11 is 1.44. The summed E-state index contributed by atoms with van der Waals surface area (Å²) in [4.78, 5) is 25.3. The third-order valence-electron chi connectivity index (χ3n) is 4.63. The fourth-order valence-electron chi connectivity index (χ4n) is 3.03. The van der Waals surface area contributed by atoms with Gasteiger partial charge in [-0.15, -0.1) is 11.8 Å². The van der Waals surface area contributed by atoms with E-state index in [1.54, 1.807) is 19.2 Å². The van der Waals surface area contributed by atoms with E-state index in [2.05, 4.69) is 0 Å². The largest absolute Gasteiger partial charge is 0.508 e. The predicted molar refractivity (Wildman–Crippen MR) is 116 cm³/mol. The van der Waals surface area contributed by atoms with Gasteiger partial charge in [0.1, 0.15) is 17.3 Å². The minimum Gasteiger partial charge on any atom is -0.508 e. The number of hydrogen-bond acceptors (Lipinski definition) is 8. The molecule has 0 spiro atoms. The van der Waals surface area contributed by atoms with Gasteiger partial charge in [0.05, 0.1) is 32.3 Å². The average Bonchev–Trinajstić information content (AvgIpc) is 2.79. The first-order valence-corrected chi connectivity index (χ1v) is 10.4. The lowest BCUT2D eigenvalue weighted by atomic mass is 9.92. The van der Waals surface area contributed by atoms with E-state index in [0.717, 1.165) is 4.90 Å². The Morgan fingerprint density at radius 3 is 2.52 bits per heavy atom. The van der Waals surface area contributed by atoms with Crippen molar-refractivity contribution >= 4 is 17.7 Å². The van der Waals surface area contributed by atoms with E-state index in [0.29, 0.717) is 22.8 Å². The molecule has 1 heterocycles. The molecule has 0 aliphatic heterocycles. The zero-order chi connectivity index (χ0) is 22.4. The number of phenols is 1. The first kappa shape index (κ1) is 22.3. The Morgan fingerprint density at radius 1 is 1.10 bits per heavy atom. The van der Waals surface area contributed by atoms with Gasteiger partial charge in [0.15, 0.2) is 5.76 Å². The van der Waals surface area contributed by atoms with Crippen LogP contribution in [0.4, 0.5) is 0 Å². The predicted octanol–water partition coefficient (Wildman–Crippen LogP) is 4.05. The minimum absolute atomic E-state index is 0.0233. The van der Waals surface area contributed by atoms with E-state index >= 15 is 0 Å². The smallest absolute Gasteiger partial charge is 0.306 e. The second kappa shape index (κ2) is 10.1. The van der Waals surface area contributed by atoms with Crippen LogP contribution < -0.4 is 10.2 Å². The maximum Gasteiger partial charge on any atom is 0.306 e. The summed E-state index contributed by atoms with van der Waals surface area (Å²) in [7, 11) is 2.84. The molecule has 1 atom stereocenters. The molecule has 2 N–H and O–H groups in total. The number of hydrogen-bond donors (Lipinski definition) is 2. The molecule has 0 aliphatic carbocycles. The maximum absolute atomic E-state index is 12.4. The first-order valence-electron chi connectivity index (χ1n) is 9.39. The number of esters is 1. The van der Waals surface area contributed by atoms with Gasteiger partial charge in [-0.1, -0.05) is 18.2 Å². The topological polar surface area (TPSA) is 106 Å². The summed E-state index contributed by atoms with van der Waals surface area (Å²) < 4.78 is 15.9. The standard InChI is InChI=1S/C23H22O7S/c1-28-16-4-3-5-18(10-16)31-13-17-11-20(25)22(27)23(30-17)19(12-21(26)29-2)14-6-8-15(24)9-7-14/h3-11,19,24,27H,12-13H2,1-2H3/t19-/m1/s1. The molecule has 7 nitrogen and oxygen atoms in total. The maximum atomic E-state index is 12.4. The van der Waals surface area contributed by atoms with Crippen molar-refractivity contribution in [2.45, 2.75) is 23.0 Å². The summed E-state index contributed by atoms with van der Waals surface area (Å²) in [6.07, 6.45) is -0.149. The van der Waals surface area contributed by atoms with Gasteiger partial charge in [-0.05, 0) is 35.9 Å². The van der Waals surface area contributed by atoms with Crippen LogP contribution in [0.5, 0.6) is 17.2 Å². The lowest BCUT2D eigenvalue weighted by Crippen LogP contribution is -2.14. The zero-order valence-electron chi connectivity index (χ0n) is 17.0. The molecule has 0 amide bonds. The van der Waals surface area contributed by atoms with Crippen LogP contribution in [0.3, 0.4) is 0 Å². The molecule has 1 aromatic heterocycles. The molecule has 2 aromatic carbocycles.